The van der Waals surface area contributed by atoms with E-state index in [0.29, 0.717) is 31.0 Å². The van der Waals surface area contributed by atoms with Gasteiger partial charge in [0.15, 0.2) is 0 Å². The Balaban J connectivity index is 2.16. The molecule has 1 saturated heterocycles. The van der Waals surface area contributed by atoms with E-state index >= 15 is 0 Å². The lowest BCUT2D eigenvalue weighted by Crippen LogP contribution is -2.26. The van der Waals surface area contributed by atoms with Gasteiger partial charge in [-0.15, -0.1) is 0 Å². The van der Waals surface area contributed by atoms with Crippen LogP contribution in [0, 0.1) is 11.8 Å². The van der Waals surface area contributed by atoms with Gasteiger partial charge in [-0.05, 0) is 18.6 Å². The van der Waals surface area contributed by atoms with E-state index in [9.17, 15) is 9.59 Å². The predicted molar refractivity (Wildman–Crippen MR) is 81.4 cm³/mol. The molecule has 0 radical (unpaired) electrons. The van der Waals surface area contributed by atoms with Crippen LogP contribution >= 0.6 is 0 Å². The molecular weight excluding hydrogens is 284 g/mol. The monoisotopic (exact) mass is 306 g/mol. The zero-order valence-corrected chi connectivity index (χ0v) is 13.0. The third kappa shape index (κ3) is 3.22. The van der Waals surface area contributed by atoms with Gasteiger partial charge in [-0.2, -0.15) is 0 Å². The summed E-state index contributed by atoms with van der Waals surface area (Å²) in [6, 6.07) is 5.39. The van der Waals surface area contributed by atoms with Gasteiger partial charge in [0.25, 0.3) is 0 Å². The quantitative estimate of drug-likeness (QED) is 0.604. The number of methoxy groups -OCH3 is 1. The predicted octanol–water partition coefficient (Wildman–Crippen LogP) is 1.17. The molecule has 0 saturated carbocycles. The molecule has 1 amide bonds. The molecule has 120 valence electrons. The second-order valence-electron chi connectivity index (χ2n) is 5.32. The maximum absolute atomic E-state index is 12.4. The topological polar surface area (TPSA) is 81.9 Å². The lowest BCUT2D eigenvalue weighted by molar-refractivity contribution is -0.132. The summed E-state index contributed by atoms with van der Waals surface area (Å²) in [4.78, 5) is 25.2. The molecule has 1 heterocycles. The second-order valence-corrected chi connectivity index (χ2v) is 5.32. The molecule has 0 bridgehead atoms. The fourth-order valence-electron chi connectivity index (χ4n) is 2.89. The van der Waals surface area contributed by atoms with E-state index in [2.05, 4.69) is 0 Å². The molecule has 0 unspecified atom stereocenters. The average molecular weight is 306 g/mol. The number of aldehydes is 1. The molecule has 1 aromatic carbocycles. The van der Waals surface area contributed by atoms with Crippen molar-refractivity contribution >= 4 is 12.2 Å². The molecule has 6 heteroatoms. The van der Waals surface area contributed by atoms with Crippen molar-refractivity contribution in [1.82, 2.24) is 4.90 Å². The average Bonchev–Trinajstić information content (AvgIpc) is 2.84. The molecule has 0 aromatic heterocycles. The maximum atomic E-state index is 12.4. The highest BCUT2D eigenvalue weighted by Gasteiger charge is 2.38. The first-order chi connectivity index (χ1) is 10.6. The Morgan fingerprint density at radius 1 is 1.45 bits per heavy atom. The van der Waals surface area contributed by atoms with Crippen LogP contribution in [0.3, 0.4) is 0 Å². The third-order valence-electron chi connectivity index (χ3n) is 4.06. The summed E-state index contributed by atoms with van der Waals surface area (Å²) < 4.78 is 10.6. The molecule has 2 N–H and O–H groups in total. The van der Waals surface area contributed by atoms with E-state index < -0.39 is 0 Å². The van der Waals surface area contributed by atoms with Gasteiger partial charge in [0.05, 0.1) is 7.11 Å². The molecule has 1 aliphatic heterocycles. The van der Waals surface area contributed by atoms with Crippen molar-refractivity contribution in [2.75, 3.05) is 20.4 Å². The van der Waals surface area contributed by atoms with Crippen molar-refractivity contribution in [3.05, 3.63) is 23.8 Å². The van der Waals surface area contributed by atoms with Gasteiger partial charge in [-0.1, -0.05) is 6.92 Å². The minimum absolute atomic E-state index is 0.0314. The van der Waals surface area contributed by atoms with Crippen molar-refractivity contribution in [3.63, 3.8) is 0 Å². The Hall–Kier alpha value is -2.08. The normalized spacial score (nSPS) is 21.0. The first kappa shape index (κ1) is 16.3. The fourth-order valence-corrected chi connectivity index (χ4v) is 2.89. The summed E-state index contributed by atoms with van der Waals surface area (Å²) in [5.74, 6) is 0.866. The first-order valence-electron chi connectivity index (χ1n) is 7.38. The number of nitrogens with two attached hydrogens (primary N) is 1. The van der Waals surface area contributed by atoms with Crippen LogP contribution < -0.4 is 15.2 Å². The number of likely N-dealkylation sites (tertiary alicyclic amines) is 1. The number of carbonyl (C=O) groups excluding carboxylic acids is 2. The molecule has 2 rings (SSSR count). The highest BCUT2D eigenvalue weighted by Crippen LogP contribution is 2.31. The van der Waals surface area contributed by atoms with Crippen molar-refractivity contribution in [2.24, 2.45) is 17.6 Å². The summed E-state index contributed by atoms with van der Waals surface area (Å²) in [7, 11) is 1.57. The lowest BCUT2D eigenvalue weighted by Gasteiger charge is -2.19. The van der Waals surface area contributed by atoms with Gasteiger partial charge in [-0.25, -0.2) is 0 Å². The fraction of sp³-hybridized carbons (Fsp3) is 0.500. The number of ether oxygens (including phenoxy) is 2. The Kier molecular flexibility index (Phi) is 5.38. The van der Waals surface area contributed by atoms with Crippen LogP contribution in [0.1, 0.15) is 18.9 Å². The maximum Gasteiger partial charge on any atom is 0.226 e. The van der Waals surface area contributed by atoms with Crippen molar-refractivity contribution in [2.45, 2.75) is 19.9 Å². The van der Waals surface area contributed by atoms with Gasteiger partial charge in [0, 0.05) is 36.6 Å². The first-order valence-corrected chi connectivity index (χ1v) is 7.38. The number of hydrogen-bond donors (Lipinski definition) is 1. The Labute approximate surface area is 130 Å². The smallest absolute Gasteiger partial charge is 0.226 e. The lowest BCUT2D eigenvalue weighted by atomic mass is 9.95. The summed E-state index contributed by atoms with van der Waals surface area (Å²) in [6.45, 7) is 2.91. The van der Waals surface area contributed by atoms with Gasteiger partial charge in [0.1, 0.15) is 24.5 Å². The molecule has 1 aliphatic rings. The Morgan fingerprint density at radius 3 is 2.77 bits per heavy atom. The molecule has 1 fully saturated rings. The zero-order valence-electron chi connectivity index (χ0n) is 13.0. The number of nitrogens with zero attached hydrogens (tertiary/aromatic N) is 1. The summed E-state index contributed by atoms with van der Waals surface area (Å²) >= 11 is 0. The van der Waals surface area contributed by atoms with Gasteiger partial charge in [0.2, 0.25) is 5.91 Å². The van der Waals surface area contributed by atoms with E-state index in [1.54, 1.807) is 24.1 Å². The summed E-state index contributed by atoms with van der Waals surface area (Å²) in [6.07, 6.45) is 1.57. The Morgan fingerprint density at radius 2 is 2.23 bits per heavy atom. The molecule has 6 nitrogen and oxygen atoms in total. The molecule has 2 atom stereocenters. The van der Waals surface area contributed by atoms with E-state index in [1.165, 1.54) is 0 Å². The number of hydrogen-bond acceptors (Lipinski definition) is 5. The van der Waals surface area contributed by atoms with Crippen molar-refractivity contribution in [1.29, 1.82) is 0 Å². The number of amides is 1. The van der Waals surface area contributed by atoms with Crippen molar-refractivity contribution < 1.29 is 19.1 Å². The number of benzene rings is 1. The molecule has 0 aliphatic carbocycles. The summed E-state index contributed by atoms with van der Waals surface area (Å²) in [5.41, 5.74) is 6.23. The SMILES string of the molecule is CC[C@H]1C(=O)N(Cc2ccc(OCN)cc2OC)C[C@@H]1C=O. The van der Waals surface area contributed by atoms with E-state index in [4.69, 9.17) is 15.2 Å². The zero-order chi connectivity index (χ0) is 16.1. The van der Waals surface area contributed by atoms with E-state index in [0.717, 1.165) is 11.8 Å². The number of rotatable bonds is 7. The third-order valence-corrected chi connectivity index (χ3v) is 4.06. The molecule has 0 spiro atoms. The largest absolute Gasteiger partial charge is 0.496 e. The van der Waals surface area contributed by atoms with Gasteiger partial charge in [-0.3, -0.25) is 10.5 Å². The second kappa shape index (κ2) is 7.26. The van der Waals surface area contributed by atoms with Crippen LogP contribution in [-0.2, 0) is 16.1 Å². The molecule has 22 heavy (non-hydrogen) atoms. The summed E-state index contributed by atoms with van der Waals surface area (Å²) in [5, 5.41) is 0. The van der Waals surface area contributed by atoms with E-state index in [-0.39, 0.29) is 24.5 Å². The van der Waals surface area contributed by atoms with Crippen LogP contribution in [0.15, 0.2) is 18.2 Å². The minimum atomic E-state index is -0.219. The van der Waals surface area contributed by atoms with Crippen LogP contribution in [0.25, 0.3) is 0 Å². The highest BCUT2D eigenvalue weighted by atomic mass is 16.5. The molecule has 1 aromatic rings. The van der Waals surface area contributed by atoms with E-state index in [1.807, 2.05) is 13.0 Å². The van der Waals surface area contributed by atoms with Gasteiger partial charge < -0.3 is 19.2 Å². The van der Waals surface area contributed by atoms with Crippen LogP contribution in [0.2, 0.25) is 0 Å². The number of carbonyl (C=O) groups is 2. The molecular formula is C16H22N2O4. The van der Waals surface area contributed by atoms with Gasteiger partial charge >= 0.3 is 0 Å². The Bertz CT molecular complexity index is 547. The minimum Gasteiger partial charge on any atom is -0.496 e. The van der Waals surface area contributed by atoms with Crippen LogP contribution in [0.4, 0.5) is 0 Å². The van der Waals surface area contributed by atoms with Crippen LogP contribution in [-0.4, -0.2) is 37.5 Å². The van der Waals surface area contributed by atoms with Crippen LogP contribution in [0.5, 0.6) is 11.5 Å². The van der Waals surface area contributed by atoms with Crippen molar-refractivity contribution in [3.8, 4) is 11.5 Å². The standard InChI is InChI=1S/C16H22N2O4/c1-3-14-12(9-19)8-18(16(14)20)7-11-4-5-13(22-10-17)6-15(11)21-2/h4-6,9,12,14H,3,7-8,10,17H2,1-2H3/t12-,14-/m1/s1. The highest BCUT2D eigenvalue weighted by molar-refractivity contribution is 5.85.